The van der Waals surface area contributed by atoms with E-state index in [-0.39, 0.29) is 62.0 Å². The Hall–Kier alpha value is -3.93. The van der Waals surface area contributed by atoms with Crippen molar-refractivity contribution in [3.05, 3.63) is 98.1 Å². The molecule has 3 aromatic rings. The molecular weight excluding hydrogens is 730 g/mol. The molecular formula is C35H36ClF4N5O6S. The number of amidine groups is 1. The number of ether oxygens (including phenoxy) is 3. The number of hydrogen-bond donors (Lipinski definition) is 1. The van der Waals surface area contributed by atoms with Gasteiger partial charge in [0.2, 0.25) is 0 Å². The zero-order valence-corrected chi connectivity index (χ0v) is 30.0. The molecule has 1 aromatic heterocycles. The Morgan fingerprint density at radius 2 is 1.94 bits per heavy atom. The standard InChI is InChI=1S/C35H36ClF4N5O6S/c1-4-49-32(46)25-23(42-30(31-41-13-15-52-31)43-28(25)21-10-11-22(37)27(38)26(21)36)16-44-19-35(39,40)29-24(44)18-51-45(29)14-12-34(2,48-3)33(47)50-17-20-8-6-5-7-9-20/h5-11,13,15,24,28-29H,4,12,14,16-19H2,1-3H3,(H,42,43)/t24-,28-,29+,34+/m0/s1. The Morgan fingerprint density at radius 1 is 1.17 bits per heavy atom. The molecule has 0 bridgehead atoms. The molecule has 2 aromatic carbocycles. The predicted octanol–water partition coefficient (Wildman–Crippen LogP) is 5.46. The SMILES string of the molecule is CCOC(=O)C1=C(CN2CC(F)(F)[C@H]3[C@@H]2CON3CC[C@@](C)(OC)C(=O)OCc2ccccc2)NC(c2nccs2)=N[C@H]1c1ccc(F)c(F)c1Cl. The van der Waals surface area contributed by atoms with Gasteiger partial charge in [-0.25, -0.2) is 32.1 Å². The number of carbonyl (C=O) groups is 2. The number of rotatable bonds is 13. The average molecular weight is 766 g/mol. The first kappa shape index (κ1) is 37.8. The van der Waals surface area contributed by atoms with Gasteiger partial charge in [-0.3, -0.25) is 14.7 Å². The summed E-state index contributed by atoms with van der Waals surface area (Å²) in [6.07, 6.45) is 1.52. The molecule has 3 aliphatic rings. The lowest BCUT2D eigenvalue weighted by molar-refractivity contribution is -0.194. The summed E-state index contributed by atoms with van der Waals surface area (Å²) in [4.78, 5) is 42.8. The van der Waals surface area contributed by atoms with Gasteiger partial charge in [-0.05, 0) is 25.5 Å². The van der Waals surface area contributed by atoms with Crippen molar-refractivity contribution in [1.82, 2.24) is 20.3 Å². The number of hydroxylamine groups is 2. The lowest BCUT2D eigenvalue weighted by atomic mass is 9.95. The quantitative estimate of drug-likeness (QED) is 0.137. The number of aromatic nitrogens is 1. The Balaban J connectivity index is 1.25. The number of aliphatic imine (C=N–C) groups is 1. The van der Waals surface area contributed by atoms with E-state index in [1.807, 2.05) is 30.3 Å². The third kappa shape index (κ3) is 7.59. The van der Waals surface area contributed by atoms with Crippen molar-refractivity contribution < 1.29 is 46.2 Å². The van der Waals surface area contributed by atoms with Crippen molar-refractivity contribution in [3.63, 3.8) is 0 Å². The van der Waals surface area contributed by atoms with Crippen molar-refractivity contribution in [2.45, 2.75) is 56.5 Å². The van der Waals surface area contributed by atoms with Crippen LogP contribution in [0.4, 0.5) is 17.6 Å². The second-order valence-corrected chi connectivity index (χ2v) is 13.9. The van der Waals surface area contributed by atoms with Crippen molar-refractivity contribution in [2.75, 3.05) is 40.0 Å². The van der Waals surface area contributed by atoms with E-state index in [0.29, 0.717) is 5.01 Å². The van der Waals surface area contributed by atoms with Crippen molar-refractivity contribution in [2.24, 2.45) is 4.99 Å². The molecule has 2 saturated heterocycles. The lowest BCUT2D eigenvalue weighted by Gasteiger charge is -2.31. The number of fused-ring (bicyclic) bond motifs is 1. The fraction of sp³-hybridized carbons (Fsp3) is 0.429. The van der Waals surface area contributed by atoms with Gasteiger partial charge in [0, 0.05) is 49.5 Å². The molecule has 6 rings (SSSR count). The molecule has 52 heavy (non-hydrogen) atoms. The van der Waals surface area contributed by atoms with Crippen LogP contribution in [-0.4, -0.2) is 96.3 Å². The highest BCUT2D eigenvalue weighted by Gasteiger charge is 2.61. The smallest absolute Gasteiger partial charge is 0.338 e. The summed E-state index contributed by atoms with van der Waals surface area (Å²) in [5, 5.41) is 5.76. The Labute approximate surface area is 306 Å². The number of nitrogens with one attached hydrogen (secondary N) is 1. The molecule has 1 N–H and O–H groups in total. The Morgan fingerprint density at radius 3 is 2.63 bits per heavy atom. The summed E-state index contributed by atoms with van der Waals surface area (Å²) >= 11 is 7.49. The number of benzene rings is 2. The Bertz CT molecular complexity index is 1850. The van der Waals surface area contributed by atoms with Gasteiger partial charge in [0.05, 0.1) is 36.4 Å². The first-order valence-corrected chi connectivity index (χ1v) is 17.7. The van der Waals surface area contributed by atoms with E-state index in [1.54, 1.807) is 12.3 Å². The number of hydrogen-bond acceptors (Lipinski definition) is 12. The van der Waals surface area contributed by atoms with E-state index in [0.717, 1.165) is 11.6 Å². The molecule has 278 valence electrons. The molecule has 2 fully saturated rings. The van der Waals surface area contributed by atoms with Crippen LogP contribution in [0.5, 0.6) is 0 Å². The van der Waals surface area contributed by atoms with E-state index in [4.69, 9.17) is 30.6 Å². The van der Waals surface area contributed by atoms with E-state index in [2.05, 4.69) is 15.3 Å². The zero-order chi connectivity index (χ0) is 37.2. The first-order valence-electron chi connectivity index (χ1n) is 16.4. The highest BCUT2D eigenvalue weighted by molar-refractivity contribution is 7.11. The maximum absolute atomic E-state index is 15.9. The minimum atomic E-state index is -3.28. The van der Waals surface area contributed by atoms with Crippen LogP contribution in [0.2, 0.25) is 5.02 Å². The maximum atomic E-state index is 15.9. The van der Waals surface area contributed by atoms with Gasteiger partial charge in [0.15, 0.2) is 28.1 Å². The van der Waals surface area contributed by atoms with Crippen LogP contribution in [-0.2, 0) is 35.2 Å². The van der Waals surface area contributed by atoms with E-state index < -0.39 is 64.8 Å². The Kier molecular flexibility index (Phi) is 11.3. The predicted molar refractivity (Wildman–Crippen MR) is 183 cm³/mol. The van der Waals surface area contributed by atoms with Gasteiger partial charge in [-0.1, -0.05) is 48.0 Å². The molecule has 0 spiro atoms. The van der Waals surface area contributed by atoms with E-state index >= 15 is 8.78 Å². The van der Waals surface area contributed by atoms with Crippen LogP contribution < -0.4 is 5.32 Å². The summed E-state index contributed by atoms with van der Waals surface area (Å²) in [7, 11) is 1.35. The third-order valence-corrected chi connectivity index (χ3v) is 10.4. The summed E-state index contributed by atoms with van der Waals surface area (Å²) in [5.41, 5.74) is -0.657. The van der Waals surface area contributed by atoms with Gasteiger partial charge in [0.1, 0.15) is 18.7 Å². The largest absolute Gasteiger partial charge is 0.463 e. The second-order valence-electron chi connectivity index (χ2n) is 12.6. The molecule has 0 saturated carbocycles. The van der Waals surface area contributed by atoms with Gasteiger partial charge in [-0.15, -0.1) is 11.3 Å². The molecule has 4 atom stereocenters. The van der Waals surface area contributed by atoms with Crippen molar-refractivity contribution >= 4 is 40.7 Å². The number of thiazole rings is 1. The molecule has 17 heteroatoms. The van der Waals surface area contributed by atoms with Crippen molar-refractivity contribution in [1.29, 1.82) is 0 Å². The normalized spacial score (nSPS) is 22.8. The van der Waals surface area contributed by atoms with Gasteiger partial charge < -0.3 is 19.5 Å². The van der Waals surface area contributed by atoms with Crippen LogP contribution in [0.3, 0.4) is 0 Å². The van der Waals surface area contributed by atoms with Crippen LogP contribution in [0.15, 0.2) is 70.3 Å². The van der Waals surface area contributed by atoms with Gasteiger partial charge in [0.25, 0.3) is 5.92 Å². The zero-order valence-electron chi connectivity index (χ0n) is 28.4. The van der Waals surface area contributed by atoms with Crippen molar-refractivity contribution in [3.8, 4) is 0 Å². The number of methoxy groups -OCH3 is 1. The molecule has 3 aliphatic heterocycles. The molecule has 0 radical (unpaired) electrons. The topological polar surface area (TPSA) is 115 Å². The summed E-state index contributed by atoms with van der Waals surface area (Å²) < 4.78 is 77.1. The van der Waals surface area contributed by atoms with Crippen LogP contribution in [0.1, 0.15) is 42.4 Å². The number of alkyl halides is 2. The molecule has 0 aliphatic carbocycles. The first-order chi connectivity index (χ1) is 24.9. The maximum Gasteiger partial charge on any atom is 0.338 e. The molecule has 11 nitrogen and oxygen atoms in total. The fourth-order valence-electron chi connectivity index (χ4n) is 6.48. The third-order valence-electron chi connectivity index (χ3n) is 9.28. The number of nitrogens with zero attached hydrogens (tertiary/aromatic N) is 4. The van der Waals surface area contributed by atoms with Gasteiger partial charge in [-0.2, -0.15) is 5.06 Å². The lowest BCUT2D eigenvalue weighted by Crippen LogP contribution is -2.48. The van der Waals surface area contributed by atoms with Crippen LogP contribution in [0.25, 0.3) is 0 Å². The number of carbonyl (C=O) groups excluding carboxylic acids is 2. The van der Waals surface area contributed by atoms with E-state index in [1.165, 1.54) is 47.6 Å². The van der Waals surface area contributed by atoms with E-state index in [9.17, 15) is 18.4 Å². The summed E-state index contributed by atoms with van der Waals surface area (Å²) in [6.45, 7) is 1.97. The number of esters is 2. The second kappa shape index (κ2) is 15.6. The average Bonchev–Trinajstić information content (AvgIpc) is 3.88. The van der Waals surface area contributed by atoms with Crippen LogP contribution >= 0.6 is 22.9 Å². The minimum absolute atomic E-state index is 0.0134. The molecule has 0 amide bonds. The molecule has 4 heterocycles. The monoisotopic (exact) mass is 765 g/mol. The summed E-state index contributed by atoms with van der Waals surface area (Å²) in [5.74, 6) is -7.12. The number of halogens is 5. The van der Waals surface area contributed by atoms with Crippen LogP contribution in [0, 0.1) is 11.6 Å². The summed E-state index contributed by atoms with van der Waals surface area (Å²) in [6, 6.07) is 7.62. The number of likely N-dealkylation sites (tertiary alicyclic amines) is 1. The highest BCUT2D eigenvalue weighted by Crippen LogP contribution is 2.43. The molecule has 0 unspecified atom stereocenters. The fourth-order valence-corrected chi connectivity index (χ4v) is 7.32. The minimum Gasteiger partial charge on any atom is -0.463 e. The van der Waals surface area contributed by atoms with Gasteiger partial charge >= 0.3 is 11.9 Å². The highest BCUT2D eigenvalue weighted by atomic mass is 35.5.